The van der Waals surface area contributed by atoms with Gasteiger partial charge in [0.15, 0.2) is 6.10 Å². The molecular formula is C23H15NO4. The minimum Gasteiger partial charge on any atom is -0.478 e. The molecule has 0 spiro atoms. The van der Waals surface area contributed by atoms with Gasteiger partial charge in [-0.05, 0) is 41.1 Å². The zero-order chi connectivity index (χ0) is 19.3. The van der Waals surface area contributed by atoms with Crippen LogP contribution in [0.15, 0.2) is 79.0 Å². The van der Waals surface area contributed by atoms with Gasteiger partial charge in [-0.15, -0.1) is 0 Å². The lowest BCUT2D eigenvalue weighted by Crippen LogP contribution is -2.19. The number of Topliss-reactive ketones (excluding diaryl/α,β-unsaturated/α-hetero) is 1. The fourth-order valence-electron chi connectivity index (χ4n) is 3.73. The molecule has 2 heterocycles. The van der Waals surface area contributed by atoms with E-state index < -0.39 is 12.1 Å². The van der Waals surface area contributed by atoms with Crippen LogP contribution in [0.25, 0.3) is 16.5 Å². The summed E-state index contributed by atoms with van der Waals surface area (Å²) in [4.78, 5) is 24.8. The molecule has 28 heavy (non-hydrogen) atoms. The number of carbonyl (C=O) groups excluding carboxylic acids is 1. The lowest BCUT2D eigenvalue weighted by Gasteiger charge is -2.18. The number of ketones is 1. The molecule has 1 N–H and O–H groups in total. The molecule has 1 unspecified atom stereocenters. The minimum atomic E-state index is -1.04. The van der Waals surface area contributed by atoms with Crippen LogP contribution in [0.3, 0.4) is 0 Å². The minimum absolute atomic E-state index is 0.110. The van der Waals surface area contributed by atoms with E-state index in [1.54, 1.807) is 29.0 Å². The van der Waals surface area contributed by atoms with E-state index in [0.717, 1.165) is 16.3 Å². The highest BCUT2D eigenvalue weighted by atomic mass is 16.5. The van der Waals surface area contributed by atoms with Gasteiger partial charge in [-0.2, -0.15) is 0 Å². The number of ether oxygens (including phenoxy) is 1. The van der Waals surface area contributed by atoms with E-state index in [9.17, 15) is 14.7 Å². The molecule has 5 heteroatoms. The number of fused-ring (bicyclic) bond motifs is 4. The summed E-state index contributed by atoms with van der Waals surface area (Å²) in [5, 5.41) is 11.3. The van der Waals surface area contributed by atoms with Crippen molar-refractivity contribution in [2.24, 2.45) is 0 Å². The third kappa shape index (κ3) is 2.41. The Bertz CT molecular complexity index is 1250. The van der Waals surface area contributed by atoms with Crippen LogP contribution in [0.5, 0.6) is 5.75 Å². The van der Waals surface area contributed by atoms with Gasteiger partial charge in [-0.1, -0.05) is 42.5 Å². The van der Waals surface area contributed by atoms with Crippen molar-refractivity contribution in [2.75, 3.05) is 0 Å². The molecule has 5 rings (SSSR count). The van der Waals surface area contributed by atoms with Crippen LogP contribution in [0, 0.1) is 0 Å². The van der Waals surface area contributed by atoms with Crippen molar-refractivity contribution in [2.45, 2.75) is 6.10 Å². The molecule has 4 aromatic rings. The molecule has 136 valence electrons. The molecule has 3 aromatic carbocycles. The first-order valence-corrected chi connectivity index (χ1v) is 8.87. The Morgan fingerprint density at radius 1 is 0.964 bits per heavy atom. The number of rotatable bonds is 2. The van der Waals surface area contributed by atoms with Crippen LogP contribution >= 0.6 is 0 Å². The number of carboxylic acid groups (broad SMARTS) is 1. The third-order valence-corrected chi connectivity index (χ3v) is 5.06. The van der Waals surface area contributed by atoms with Gasteiger partial charge >= 0.3 is 5.97 Å². The second kappa shape index (κ2) is 6.09. The molecule has 0 bridgehead atoms. The summed E-state index contributed by atoms with van der Waals surface area (Å²) in [5.41, 5.74) is 2.00. The second-order valence-corrected chi connectivity index (χ2v) is 6.68. The Kier molecular flexibility index (Phi) is 3.55. The van der Waals surface area contributed by atoms with Gasteiger partial charge in [0.2, 0.25) is 5.78 Å². The number of nitrogens with zero attached hydrogens (tertiary/aromatic N) is 1. The number of benzene rings is 3. The maximum Gasteiger partial charge on any atom is 0.335 e. The molecule has 0 radical (unpaired) electrons. The van der Waals surface area contributed by atoms with Crippen LogP contribution in [0.4, 0.5) is 0 Å². The predicted octanol–water partition coefficient (Wildman–Crippen LogP) is 4.65. The van der Waals surface area contributed by atoms with Gasteiger partial charge in [0.05, 0.1) is 16.9 Å². The highest BCUT2D eigenvalue weighted by Gasteiger charge is 2.32. The summed E-state index contributed by atoms with van der Waals surface area (Å²) in [7, 11) is 0. The van der Waals surface area contributed by atoms with Crippen LogP contribution in [0.1, 0.15) is 32.5 Å². The van der Waals surface area contributed by atoms with Crippen molar-refractivity contribution in [3.63, 3.8) is 0 Å². The highest BCUT2D eigenvalue weighted by Crippen LogP contribution is 2.37. The van der Waals surface area contributed by atoms with Gasteiger partial charge in [0.25, 0.3) is 0 Å². The first kappa shape index (κ1) is 16.3. The number of carboxylic acids is 1. The number of aromatic nitrogens is 1. The van der Waals surface area contributed by atoms with Crippen LogP contribution in [-0.2, 0) is 0 Å². The van der Waals surface area contributed by atoms with Gasteiger partial charge in [0, 0.05) is 11.8 Å². The SMILES string of the molecule is O=C(O)c1ccc2c(c1)OC(c1cccc3ccccc13)C(=O)c1cccn1-2. The van der Waals surface area contributed by atoms with Crippen LogP contribution in [-0.4, -0.2) is 21.4 Å². The van der Waals surface area contributed by atoms with E-state index in [2.05, 4.69) is 0 Å². The zero-order valence-electron chi connectivity index (χ0n) is 14.7. The number of carbonyl (C=O) groups is 2. The van der Waals surface area contributed by atoms with E-state index in [4.69, 9.17) is 4.74 Å². The van der Waals surface area contributed by atoms with Crippen molar-refractivity contribution in [3.8, 4) is 11.4 Å². The molecule has 1 aliphatic rings. The van der Waals surface area contributed by atoms with Crippen molar-refractivity contribution in [3.05, 3.63) is 95.8 Å². The number of aromatic carboxylic acids is 1. The van der Waals surface area contributed by atoms with Crippen LogP contribution < -0.4 is 4.74 Å². The van der Waals surface area contributed by atoms with Gasteiger partial charge in [-0.25, -0.2) is 4.79 Å². The zero-order valence-corrected chi connectivity index (χ0v) is 14.7. The molecule has 0 aliphatic carbocycles. The summed E-state index contributed by atoms with van der Waals surface area (Å²) in [6, 6.07) is 21.8. The molecule has 5 nitrogen and oxygen atoms in total. The quantitative estimate of drug-likeness (QED) is 0.559. The average molecular weight is 369 g/mol. The molecule has 0 saturated heterocycles. The molecule has 0 fully saturated rings. The Balaban J connectivity index is 1.75. The topological polar surface area (TPSA) is 68.5 Å². The van der Waals surface area contributed by atoms with E-state index in [1.165, 1.54) is 12.1 Å². The smallest absolute Gasteiger partial charge is 0.335 e. The molecule has 0 saturated carbocycles. The van der Waals surface area contributed by atoms with Gasteiger partial charge in [0.1, 0.15) is 5.75 Å². The summed E-state index contributed by atoms with van der Waals surface area (Å²) < 4.78 is 7.91. The first-order chi connectivity index (χ1) is 13.6. The van der Waals surface area contributed by atoms with E-state index in [1.807, 2.05) is 42.5 Å². The standard InChI is InChI=1S/C23H15NO4/c25-21-19-9-4-12-24(19)18-11-10-15(23(26)27)13-20(18)28-22(21)17-8-3-6-14-5-1-2-7-16(14)17/h1-13,22H,(H,26,27). The lowest BCUT2D eigenvalue weighted by atomic mass is 9.97. The Hall–Kier alpha value is -3.86. The maximum absolute atomic E-state index is 13.4. The number of hydrogen-bond acceptors (Lipinski definition) is 3. The largest absolute Gasteiger partial charge is 0.478 e. The maximum atomic E-state index is 13.4. The normalized spacial score (nSPS) is 15.4. The fraction of sp³-hybridized carbons (Fsp3) is 0.0435. The number of hydrogen-bond donors (Lipinski definition) is 1. The molecule has 1 aliphatic heterocycles. The third-order valence-electron chi connectivity index (χ3n) is 5.06. The Morgan fingerprint density at radius 2 is 1.79 bits per heavy atom. The Morgan fingerprint density at radius 3 is 2.64 bits per heavy atom. The lowest BCUT2D eigenvalue weighted by molar-refractivity contribution is 0.0696. The van der Waals surface area contributed by atoms with E-state index in [0.29, 0.717) is 17.1 Å². The molecule has 1 atom stereocenters. The van der Waals surface area contributed by atoms with E-state index >= 15 is 0 Å². The Labute approximate surface area is 160 Å². The van der Waals surface area contributed by atoms with Gasteiger partial charge in [-0.3, -0.25) is 4.79 Å². The van der Waals surface area contributed by atoms with Crippen LogP contribution in [0.2, 0.25) is 0 Å². The summed E-state index contributed by atoms with van der Waals surface area (Å²) in [6.07, 6.45) is 0.909. The molecule has 0 amide bonds. The average Bonchev–Trinajstić information content (AvgIpc) is 3.17. The molecule has 1 aromatic heterocycles. The summed E-state index contributed by atoms with van der Waals surface area (Å²) in [6.45, 7) is 0. The van der Waals surface area contributed by atoms with E-state index in [-0.39, 0.29) is 11.3 Å². The van der Waals surface area contributed by atoms with Gasteiger partial charge < -0.3 is 14.4 Å². The molecular weight excluding hydrogens is 354 g/mol. The van der Waals surface area contributed by atoms with Crippen molar-refractivity contribution < 1.29 is 19.4 Å². The summed E-state index contributed by atoms with van der Waals surface area (Å²) >= 11 is 0. The fourth-order valence-corrected chi connectivity index (χ4v) is 3.73. The van der Waals surface area contributed by atoms with Crippen molar-refractivity contribution >= 4 is 22.5 Å². The highest BCUT2D eigenvalue weighted by molar-refractivity contribution is 6.03. The monoisotopic (exact) mass is 369 g/mol. The predicted molar refractivity (Wildman–Crippen MR) is 104 cm³/mol. The first-order valence-electron chi connectivity index (χ1n) is 8.87. The van der Waals surface area contributed by atoms with Crippen molar-refractivity contribution in [1.29, 1.82) is 0 Å². The van der Waals surface area contributed by atoms with Crippen molar-refractivity contribution in [1.82, 2.24) is 4.57 Å². The summed E-state index contributed by atoms with van der Waals surface area (Å²) in [5.74, 6) is -0.855. The second-order valence-electron chi connectivity index (χ2n) is 6.68.